The summed E-state index contributed by atoms with van der Waals surface area (Å²) in [5.74, 6) is -4.85. The first-order chi connectivity index (χ1) is 18.4. The van der Waals surface area contributed by atoms with Crippen molar-refractivity contribution in [2.24, 2.45) is 5.92 Å². The monoisotopic (exact) mass is 550 g/mol. The lowest BCUT2D eigenvalue weighted by Gasteiger charge is -2.48. The molecule has 1 heterocycles. The van der Waals surface area contributed by atoms with E-state index < -0.39 is 60.7 Å². The van der Waals surface area contributed by atoms with Gasteiger partial charge in [0.25, 0.3) is 0 Å². The van der Waals surface area contributed by atoms with Gasteiger partial charge in [-0.2, -0.15) is 0 Å². The molecule has 0 amide bonds. The molecule has 0 spiro atoms. The molecule has 0 bridgehead atoms. The summed E-state index contributed by atoms with van der Waals surface area (Å²) in [6, 6.07) is 7.03. The number of hydrogen-bond acceptors (Lipinski definition) is 11. The molecule has 1 aromatic rings. The number of benzene rings is 1. The number of ether oxygens (including phenoxy) is 6. The second-order valence-corrected chi connectivity index (χ2v) is 10.1. The van der Waals surface area contributed by atoms with Gasteiger partial charge in [0.2, 0.25) is 11.9 Å². The molecular formula is C28H38O11. The van der Waals surface area contributed by atoms with Crippen molar-refractivity contribution in [3.63, 3.8) is 0 Å². The number of methoxy groups -OCH3 is 1. The Hall–Kier alpha value is -3.02. The van der Waals surface area contributed by atoms with Gasteiger partial charge in [-0.1, -0.05) is 24.3 Å². The van der Waals surface area contributed by atoms with Gasteiger partial charge in [-0.3, -0.25) is 19.2 Å². The molecule has 1 aromatic carbocycles. The quantitative estimate of drug-likeness (QED) is 0.357. The standard InChI is InChI=1S/C28H38O11/c1-16(29)35-15-24-25(36-17(2)30)26(37-18(3)31)27(38-19(4)32)28(33,39-24)22-8-6-7-21(14-22)13-20-9-11-23(34-5)12-10-20/h6-8,14,20,23-27,33H,9-13,15H2,1-5H3/t20?,23?,24-,25-,26+,27-,28-/m1/s1. The Kier molecular flexibility index (Phi) is 10.5. The van der Waals surface area contributed by atoms with Crippen LogP contribution in [0.3, 0.4) is 0 Å². The molecule has 5 atom stereocenters. The summed E-state index contributed by atoms with van der Waals surface area (Å²) < 4.78 is 32.9. The number of hydrogen-bond donors (Lipinski definition) is 1. The van der Waals surface area contributed by atoms with E-state index in [0.29, 0.717) is 5.92 Å². The smallest absolute Gasteiger partial charge is 0.303 e. The molecule has 2 aliphatic rings. The van der Waals surface area contributed by atoms with Crippen LogP contribution in [0.1, 0.15) is 64.5 Å². The van der Waals surface area contributed by atoms with E-state index in [-0.39, 0.29) is 11.7 Å². The van der Waals surface area contributed by atoms with E-state index >= 15 is 0 Å². The van der Waals surface area contributed by atoms with Gasteiger partial charge >= 0.3 is 23.9 Å². The Morgan fingerprint density at radius 2 is 1.51 bits per heavy atom. The fourth-order valence-corrected chi connectivity index (χ4v) is 5.34. The molecule has 11 nitrogen and oxygen atoms in total. The van der Waals surface area contributed by atoms with Gasteiger partial charge in [0.1, 0.15) is 12.7 Å². The first kappa shape index (κ1) is 30.5. The summed E-state index contributed by atoms with van der Waals surface area (Å²) in [5, 5.41) is 12.0. The molecule has 0 unspecified atom stereocenters. The van der Waals surface area contributed by atoms with Crippen molar-refractivity contribution < 1.29 is 52.7 Å². The van der Waals surface area contributed by atoms with Crippen LogP contribution in [0.2, 0.25) is 0 Å². The highest BCUT2D eigenvalue weighted by Gasteiger charge is 2.60. The zero-order chi connectivity index (χ0) is 28.7. The van der Waals surface area contributed by atoms with Crippen molar-refractivity contribution in [2.75, 3.05) is 13.7 Å². The maximum absolute atomic E-state index is 12.2. The van der Waals surface area contributed by atoms with Crippen molar-refractivity contribution in [1.29, 1.82) is 0 Å². The second-order valence-electron chi connectivity index (χ2n) is 10.1. The van der Waals surface area contributed by atoms with Crippen LogP contribution in [0.25, 0.3) is 0 Å². The summed E-state index contributed by atoms with van der Waals surface area (Å²) in [6.07, 6.45) is -0.715. The highest BCUT2D eigenvalue weighted by Crippen LogP contribution is 2.41. The minimum Gasteiger partial charge on any atom is -0.463 e. The zero-order valence-electron chi connectivity index (χ0n) is 23.0. The summed E-state index contributed by atoms with van der Waals surface area (Å²) >= 11 is 0. The predicted octanol–water partition coefficient (Wildman–Crippen LogP) is 2.34. The Balaban J connectivity index is 2.01. The average Bonchev–Trinajstić information content (AvgIpc) is 2.86. The van der Waals surface area contributed by atoms with Crippen LogP contribution in [0.4, 0.5) is 0 Å². The van der Waals surface area contributed by atoms with Crippen LogP contribution in [0.15, 0.2) is 24.3 Å². The van der Waals surface area contributed by atoms with Gasteiger partial charge in [0, 0.05) is 40.4 Å². The van der Waals surface area contributed by atoms with Gasteiger partial charge in [-0.05, 0) is 43.6 Å². The van der Waals surface area contributed by atoms with E-state index in [1.165, 1.54) is 6.92 Å². The summed E-state index contributed by atoms with van der Waals surface area (Å²) in [4.78, 5) is 47.8. The Labute approximate surface area is 228 Å². The summed E-state index contributed by atoms with van der Waals surface area (Å²) in [7, 11) is 1.72. The normalized spacial score (nSPS) is 30.6. The Bertz CT molecular complexity index is 1030. The first-order valence-corrected chi connectivity index (χ1v) is 13.1. The van der Waals surface area contributed by atoms with Crippen molar-refractivity contribution in [3.8, 4) is 0 Å². The van der Waals surface area contributed by atoms with Crippen LogP contribution in [-0.2, 0) is 59.8 Å². The van der Waals surface area contributed by atoms with Gasteiger partial charge in [-0.25, -0.2) is 0 Å². The first-order valence-electron chi connectivity index (χ1n) is 13.1. The van der Waals surface area contributed by atoms with E-state index in [4.69, 9.17) is 28.4 Å². The molecule has 1 aliphatic carbocycles. The third-order valence-electron chi connectivity index (χ3n) is 7.05. The van der Waals surface area contributed by atoms with Gasteiger partial charge in [0.05, 0.1) is 6.10 Å². The van der Waals surface area contributed by atoms with E-state index in [0.717, 1.165) is 58.4 Å². The number of carbonyl (C=O) groups excluding carboxylic acids is 4. The van der Waals surface area contributed by atoms with Gasteiger partial charge in [0.15, 0.2) is 12.2 Å². The lowest BCUT2D eigenvalue weighted by atomic mass is 9.82. The zero-order valence-corrected chi connectivity index (χ0v) is 23.0. The SMILES string of the molecule is COC1CCC(Cc2cccc([C@@]3(O)O[C@H](COC(C)=O)[C@@H](OC(C)=O)[C@H](OC(C)=O)[C@H]3OC(C)=O)c2)CC1. The highest BCUT2D eigenvalue weighted by atomic mass is 16.7. The van der Waals surface area contributed by atoms with E-state index in [9.17, 15) is 24.3 Å². The van der Waals surface area contributed by atoms with Crippen LogP contribution in [0, 0.1) is 5.92 Å². The van der Waals surface area contributed by atoms with Crippen molar-refractivity contribution in [2.45, 2.75) is 96.1 Å². The van der Waals surface area contributed by atoms with E-state index in [2.05, 4.69) is 0 Å². The minimum atomic E-state index is -2.34. The minimum absolute atomic E-state index is 0.239. The second kappa shape index (κ2) is 13.4. The molecule has 2 fully saturated rings. The van der Waals surface area contributed by atoms with Crippen molar-refractivity contribution >= 4 is 23.9 Å². The largest absolute Gasteiger partial charge is 0.463 e. The van der Waals surface area contributed by atoms with E-state index in [1.54, 1.807) is 25.3 Å². The summed E-state index contributed by atoms with van der Waals surface area (Å²) in [6.45, 7) is 4.15. The highest BCUT2D eigenvalue weighted by molar-refractivity contribution is 5.69. The molecule has 0 aromatic heterocycles. The maximum atomic E-state index is 12.2. The fourth-order valence-electron chi connectivity index (χ4n) is 5.34. The average molecular weight is 551 g/mol. The molecule has 216 valence electrons. The predicted molar refractivity (Wildman–Crippen MR) is 135 cm³/mol. The molecule has 0 radical (unpaired) electrons. The molecular weight excluding hydrogens is 512 g/mol. The van der Waals surface area contributed by atoms with Crippen LogP contribution >= 0.6 is 0 Å². The molecule has 3 rings (SSSR count). The molecule has 1 saturated carbocycles. The lowest BCUT2D eigenvalue weighted by Crippen LogP contribution is -2.66. The maximum Gasteiger partial charge on any atom is 0.303 e. The number of rotatable bonds is 9. The fraction of sp³-hybridized carbons (Fsp3) is 0.643. The lowest BCUT2D eigenvalue weighted by molar-refractivity contribution is -0.360. The van der Waals surface area contributed by atoms with Crippen molar-refractivity contribution in [1.82, 2.24) is 0 Å². The van der Waals surface area contributed by atoms with Gasteiger partial charge < -0.3 is 33.5 Å². The Morgan fingerprint density at radius 1 is 0.897 bits per heavy atom. The molecule has 39 heavy (non-hydrogen) atoms. The molecule has 1 aliphatic heterocycles. The third kappa shape index (κ3) is 8.00. The van der Waals surface area contributed by atoms with Crippen LogP contribution in [0.5, 0.6) is 0 Å². The van der Waals surface area contributed by atoms with Gasteiger partial charge in [-0.15, -0.1) is 0 Å². The van der Waals surface area contributed by atoms with Crippen LogP contribution < -0.4 is 0 Å². The molecule has 1 saturated heterocycles. The molecule has 1 N–H and O–H groups in total. The summed E-state index contributed by atoms with van der Waals surface area (Å²) in [5.41, 5.74) is 1.16. The Morgan fingerprint density at radius 3 is 2.08 bits per heavy atom. The number of aliphatic hydroxyl groups is 1. The van der Waals surface area contributed by atoms with E-state index in [1.807, 2.05) is 6.07 Å². The van der Waals surface area contributed by atoms with Crippen LogP contribution in [-0.4, -0.2) is 73.2 Å². The number of carbonyl (C=O) groups is 4. The molecule has 11 heteroatoms. The topological polar surface area (TPSA) is 144 Å². The number of esters is 4. The van der Waals surface area contributed by atoms with Crippen molar-refractivity contribution in [3.05, 3.63) is 35.4 Å². The third-order valence-corrected chi connectivity index (χ3v) is 7.05.